The summed E-state index contributed by atoms with van der Waals surface area (Å²) in [6, 6.07) is 26.6. The van der Waals surface area contributed by atoms with Crippen LogP contribution >= 0.6 is 11.3 Å². The van der Waals surface area contributed by atoms with Crippen LogP contribution in [0.5, 0.6) is 0 Å². The van der Waals surface area contributed by atoms with Gasteiger partial charge < -0.3 is 4.42 Å². The zero-order valence-electron chi connectivity index (χ0n) is 21.5. The van der Waals surface area contributed by atoms with Crippen molar-refractivity contribution in [2.75, 3.05) is 0 Å². The van der Waals surface area contributed by atoms with Crippen molar-refractivity contribution >= 4 is 28.8 Å². The first kappa shape index (κ1) is 24.2. The predicted octanol–water partition coefficient (Wildman–Crippen LogP) is 5.80. The zero-order valence-corrected chi connectivity index (χ0v) is 22.4. The number of fused-ring (bicyclic) bond motifs is 3. The molecular weight excluding hydrogens is 522 g/mol. The Labute approximate surface area is 232 Å². The highest BCUT2D eigenvalue weighted by molar-refractivity contribution is 7.07. The number of thiazole rings is 1. The highest BCUT2D eigenvalue weighted by atomic mass is 32.1. The summed E-state index contributed by atoms with van der Waals surface area (Å²) in [6.07, 6.45) is 3.51. The summed E-state index contributed by atoms with van der Waals surface area (Å²) in [6.45, 7) is 1.81. The standard InChI is InChI=1S/C32H23N3O4S/c1-19-17-22(35(37)38)12-15-24(19)27-16-13-23(39-27)18-28-31(36)34-30(21-8-3-2-4-9-21)26-14-11-20-7-5-6-10-25(20)29(26)33-32(34)40-28/h2-10,12-13,15-18,30H,11,14H2,1H3/b28-18-/t30-/m1/s1. The molecule has 40 heavy (non-hydrogen) atoms. The molecular formula is C32H23N3O4S. The van der Waals surface area contributed by atoms with Crippen LogP contribution < -0.4 is 14.9 Å². The second kappa shape index (κ2) is 9.43. The van der Waals surface area contributed by atoms with Crippen LogP contribution in [-0.4, -0.2) is 9.49 Å². The van der Waals surface area contributed by atoms with Crippen molar-refractivity contribution < 1.29 is 9.34 Å². The van der Waals surface area contributed by atoms with Gasteiger partial charge in [-0.15, -0.1) is 0 Å². The molecule has 0 N–H and O–H groups in total. The van der Waals surface area contributed by atoms with Gasteiger partial charge in [-0.05, 0) is 60.2 Å². The SMILES string of the molecule is Cc1cc([N+](=O)[O-])ccc1-c1ccc(/C=c2\sc3n(c2=O)[C@H](c2ccccc2)C2=C(N=3)c3ccccc3CC2)o1. The maximum Gasteiger partial charge on any atom is 0.271 e. The predicted molar refractivity (Wildman–Crippen MR) is 155 cm³/mol. The van der Waals surface area contributed by atoms with E-state index in [0.29, 0.717) is 20.9 Å². The Morgan fingerprint density at radius 3 is 2.60 bits per heavy atom. The Kier molecular flexibility index (Phi) is 5.71. The Balaban J connectivity index is 1.36. The molecule has 1 atom stereocenters. The number of nitro benzene ring substituents is 1. The molecule has 0 fully saturated rings. The Morgan fingerprint density at radius 2 is 1.80 bits per heavy atom. The monoisotopic (exact) mass is 545 g/mol. The second-order valence-electron chi connectivity index (χ2n) is 9.98. The lowest BCUT2D eigenvalue weighted by Crippen LogP contribution is -2.38. The van der Waals surface area contributed by atoms with Crippen LogP contribution in [0.2, 0.25) is 0 Å². The number of nitro groups is 1. The van der Waals surface area contributed by atoms with E-state index in [9.17, 15) is 14.9 Å². The van der Waals surface area contributed by atoms with Gasteiger partial charge in [0.25, 0.3) is 11.2 Å². The lowest BCUT2D eigenvalue weighted by molar-refractivity contribution is -0.384. The fourth-order valence-corrected chi connectivity index (χ4v) is 6.68. The van der Waals surface area contributed by atoms with Gasteiger partial charge >= 0.3 is 0 Å². The lowest BCUT2D eigenvalue weighted by atomic mass is 9.83. The highest BCUT2D eigenvalue weighted by Crippen LogP contribution is 2.41. The third-order valence-corrected chi connectivity index (χ3v) is 8.56. The van der Waals surface area contributed by atoms with Crippen molar-refractivity contribution in [1.82, 2.24) is 4.57 Å². The number of benzene rings is 3. The fraction of sp³-hybridized carbons (Fsp3) is 0.125. The summed E-state index contributed by atoms with van der Waals surface area (Å²) in [5, 5.41) is 11.1. The molecule has 0 spiro atoms. The number of nitrogens with zero attached hydrogens (tertiary/aromatic N) is 3. The van der Waals surface area contributed by atoms with Crippen LogP contribution in [-0.2, 0) is 6.42 Å². The van der Waals surface area contributed by atoms with Gasteiger partial charge in [-0.25, -0.2) is 4.99 Å². The highest BCUT2D eigenvalue weighted by Gasteiger charge is 2.32. The molecule has 2 aromatic heterocycles. The van der Waals surface area contributed by atoms with Crippen LogP contribution in [0, 0.1) is 17.0 Å². The minimum atomic E-state index is -0.413. The van der Waals surface area contributed by atoms with Crippen molar-refractivity contribution in [3.05, 3.63) is 148 Å². The first-order valence-corrected chi connectivity index (χ1v) is 13.8. The quantitative estimate of drug-likeness (QED) is 0.211. The average molecular weight is 546 g/mol. The van der Waals surface area contributed by atoms with Crippen LogP contribution in [0.1, 0.15) is 40.5 Å². The first-order chi connectivity index (χ1) is 19.5. The summed E-state index contributed by atoms with van der Waals surface area (Å²) in [5.41, 5.74) is 7.04. The molecule has 2 aliphatic rings. The molecule has 1 aliphatic heterocycles. The molecule has 1 aliphatic carbocycles. The molecule has 0 unspecified atom stereocenters. The molecule has 0 saturated carbocycles. The Bertz CT molecular complexity index is 2030. The molecule has 8 heteroatoms. The topological polar surface area (TPSA) is 90.6 Å². The molecule has 5 aromatic rings. The van der Waals surface area contributed by atoms with E-state index in [1.165, 1.54) is 29.0 Å². The summed E-state index contributed by atoms with van der Waals surface area (Å²) in [5.74, 6) is 1.11. The van der Waals surface area contributed by atoms with Crippen LogP contribution in [0.15, 0.2) is 105 Å². The lowest BCUT2D eigenvalue weighted by Gasteiger charge is -2.30. The maximum absolute atomic E-state index is 13.9. The minimum absolute atomic E-state index is 0.0347. The molecule has 3 heterocycles. The summed E-state index contributed by atoms with van der Waals surface area (Å²) >= 11 is 1.36. The van der Waals surface area contributed by atoms with Gasteiger partial charge in [0.15, 0.2) is 4.80 Å². The van der Waals surface area contributed by atoms with Crippen molar-refractivity contribution in [1.29, 1.82) is 0 Å². The average Bonchev–Trinajstić information content (AvgIpc) is 3.56. The summed E-state index contributed by atoms with van der Waals surface area (Å²) in [7, 11) is 0. The van der Waals surface area contributed by atoms with Crippen LogP contribution in [0.4, 0.5) is 5.69 Å². The van der Waals surface area contributed by atoms with E-state index >= 15 is 0 Å². The van der Waals surface area contributed by atoms with E-state index in [1.54, 1.807) is 12.1 Å². The zero-order chi connectivity index (χ0) is 27.4. The molecule has 0 saturated heterocycles. The van der Waals surface area contributed by atoms with Gasteiger partial charge in [-0.2, -0.15) is 0 Å². The van der Waals surface area contributed by atoms with Gasteiger partial charge in [0.05, 0.1) is 21.2 Å². The van der Waals surface area contributed by atoms with Crippen LogP contribution in [0.25, 0.3) is 23.1 Å². The Hall–Kier alpha value is -4.82. The largest absolute Gasteiger partial charge is 0.457 e. The number of allylic oxidation sites excluding steroid dienone is 1. The number of furan rings is 1. The molecule has 7 rings (SSSR count). The third kappa shape index (κ3) is 3.96. The molecule has 0 amide bonds. The maximum atomic E-state index is 13.9. The number of hydrogen-bond acceptors (Lipinski definition) is 6. The first-order valence-electron chi connectivity index (χ1n) is 13.0. The number of non-ortho nitro benzene ring substituents is 1. The van der Waals surface area contributed by atoms with E-state index in [0.717, 1.165) is 46.4 Å². The van der Waals surface area contributed by atoms with Crippen molar-refractivity contribution in [3.8, 4) is 11.3 Å². The van der Waals surface area contributed by atoms with E-state index in [1.807, 2.05) is 47.9 Å². The number of hydrogen-bond donors (Lipinski definition) is 0. The van der Waals surface area contributed by atoms with Gasteiger partial charge in [0, 0.05) is 29.3 Å². The Morgan fingerprint density at radius 1 is 1.00 bits per heavy atom. The van der Waals surface area contributed by atoms with Crippen molar-refractivity contribution in [2.45, 2.75) is 25.8 Å². The summed E-state index contributed by atoms with van der Waals surface area (Å²) in [4.78, 5) is 30.3. The van der Waals surface area contributed by atoms with E-state index in [4.69, 9.17) is 9.41 Å². The third-order valence-electron chi connectivity index (χ3n) is 7.57. The molecule has 7 nitrogen and oxygen atoms in total. The van der Waals surface area contributed by atoms with Crippen LogP contribution in [0.3, 0.4) is 0 Å². The van der Waals surface area contributed by atoms with Gasteiger partial charge in [-0.1, -0.05) is 65.9 Å². The normalized spacial score (nSPS) is 16.2. The minimum Gasteiger partial charge on any atom is -0.457 e. The van der Waals surface area contributed by atoms with E-state index in [2.05, 4.69) is 30.3 Å². The van der Waals surface area contributed by atoms with Gasteiger partial charge in [0.1, 0.15) is 11.5 Å². The fourth-order valence-electron chi connectivity index (χ4n) is 5.70. The number of rotatable bonds is 4. The molecule has 196 valence electrons. The molecule has 3 aromatic carbocycles. The van der Waals surface area contributed by atoms with Gasteiger partial charge in [0.2, 0.25) is 0 Å². The smallest absolute Gasteiger partial charge is 0.271 e. The number of aromatic nitrogens is 1. The molecule has 0 bridgehead atoms. The summed E-state index contributed by atoms with van der Waals surface area (Å²) < 4.78 is 8.45. The van der Waals surface area contributed by atoms with Crippen molar-refractivity contribution in [3.63, 3.8) is 0 Å². The number of aryl methyl sites for hydroxylation is 2. The van der Waals surface area contributed by atoms with E-state index < -0.39 is 4.92 Å². The van der Waals surface area contributed by atoms with E-state index in [-0.39, 0.29) is 17.3 Å². The molecule has 0 radical (unpaired) electrons. The van der Waals surface area contributed by atoms with Gasteiger partial charge in [-0.3, -0.25) is 19.5 Å². The second-order valence-corrected chi connectivity index (χ2v) is 11.0. The van der Waals surface area contributed by atoms with Crippen molar-refractivity contribution in [2.24, 2.45) is 4.99 Å².